The molecule has 4 aromatic rings. The summed E-state index contributed by atoms with van der Waals surface area (Å²) in [7, 11) is 2.43. The van der Waals surface area contributed by atoms with Gasteiger partial charge in [0.05, 0.1) is 36.7 Å². The molecule has 3 aromatic carbocycles. The molecule has 2 bridgehead atoms. The summed E-state index contributed by atoms with van der Waals surface area (Å²) in [5.74, 6) is -1.92. The van der Waals surface area contributed by atoms with Crippen LogP contribution in [0.2, 0.25) is 0 Å². The molecule has 2 amide bonds. The maximum atomic E-state index is 13.6. The van der Waals surface area contributed by atoms with Crippen LogP contribution in [0.15, 0.2) is 95.8 Å². The Bertz CT molecular complexity index is 1950. The van der Waals surface area contributed by atoms with Gasteiger partial charge in [-0.1, -0.05) is 36.4 Å². The average molecular weight is 647 g/mol. The third-order valence-electron chi connectivity index (χ3n) is 8.60. The Hall–Kier alpha value is -5.97. The third kappa shape index (κ3) is 6.90. The lowest BCUT2D eigenvalue weighted by Gasteiger charge is -2.44. The molecule has 1 fully saturated rings. The van der Waals surface area contributed by atoms with Crippen molar-refractivity contribution in [1.29, 1.82) is 0 Å². The van der Waals surface area contributed by atoms with E-state index >= 15 is 0 Å². The number of ether oxygens (including phenoxy) is 2. The second kappa shape index (κ2) is 13.8. The predicted octanol–water partition coefficient (Wildman–Crippen LogP) is 4.95. The largest absolute Gasteiger partial charge is 0.465 e. The number of aromatic nitrogens is 1. The van der Waals surface area contributed by atoms with Crippen molar-refractivity contribution in [1.82, 2.24) is 4.57 Å². The Morgan fingerprint density at radius 1 is 0.771 bits per heavy atom. The van der Waals surface area contributed by atoms with Crippen molar-refractivity contribution in [2.75, 3.05) is 42.8 Å². The van der Waals surface area contributed by atoms with Gasteiger partial charge < -0.3 is 29.6 Å². The zero-order valence-corrected chi connectivity index (χ0v) is 26.5. The minimum Gasteiger partial charge on any atom is -0.465 e. The molecule has 2 atom stereocenters. The summed E-state index contributed by atoms with van der Waals surface area (Å²) in [6, 6.07) is 24.0. The highest BCUT2D eigenvalue weighted by atomic mass is 16.5. The number of nitrogens with one attached hydrogen (secondary N) is 2. The van der Waals surface area contributed by atoms with Crippen molar-refractivity contribution in [3.8, 4) is 0 Å². The molecule has 0 saturated carbocycles. The number of amides is 2. The second-order valence-corrected chi connectivity index (χ2v) is 11.8. The number of methoxy groups -OCH3 is 2. The number of hydrogen-bond acceptors (Lipinski definition) is 8. The molecule has 2 aliphatic heterocycles. The Morgan fingerprint density at radius 3 is 2.21 bits per heavy atom. The normalized spacial score (nSPS) is 16.5. The molecule has 0 unspecified atom stereocenters. The van der Waals surface area contributed by atoms with E-state index in [1.165, 1.54) is 38.5 Å². The molecule has 0 radical (unpaired) electrons. The highest BCUT2D eigenvalue weighted by Crippen LogP contribution is 2.39. The number of nitrogens with zero attached hydrogens (tertiary/aromatic N) is 2. The van der Waals surface area contributed by atoms with Crippen LogP contribution in [-0.2, 0) is 20.8 Å². The van der Waals surface area contributed by atoms with Crippen molar-refractivity contribution in [3.63, 3.8) is 0 Å². The zero-order valence-electron chi connectivity index (χ0n) is 26.5. The van der Waals surface area contributed by atoms with E-state index in [2.05, 4.69) is 15.5 Å². The van der Waals surface area contributed by atoms with Crippen LogP contribution in [-0.4, -0.2) is 55.6 Å². The van der Waals surface area contributed by atoms with E-state index in [9.17, 15) is 24.0 Å². The van der Waals surface area contributed by atoms with Gasteiger partial charge in [0.1, 0.15) is 0 Å². The Kier molecular flexibility index (Phi) is 9.20. The van der Waals surface area contributed by atoms with Crippen molar-refractivity contribution < 1.29 is 28.7 Å². The first-order valence-electron chi connectivity index (χ1n) is 15.5. The topological polar surface area (TPSA) is 136 Å². The molecule has 11 heteroatoms. The number of pyridine rings is 1. The molecular weight excluding hydrogens is 612 g/mol. The molecular formula is C37H34N4O7. The molecule has 2 N–H and O–H groups in total. The summed E-state index contributed by atoms with van der Waals surface area (Å²) in [5.41, 5.74) is 3.58. The van der Waals surface area contributed by atoms with Gasteiger partial charge in [-0.15, -0.1) is 0 Å². The Labute approximate surface area is 276 Å². The van der Waals surface area contributed by atoms with Crippen molar-refractivity contribution in [2.45, 2.75) is 18.9 Å². The monoisotopic (exact) mass is 646 g/mol. The van der Waals surface area contributed by atoms with Gasteiger partial charge in [-0.05, 0) is 66.4 Å². The standard InChI is InChI=1S/C37H34N4O7/c1-47-36(45)26-16-27(37(46)48-2)18-29(17-26)38-35(44)25-12-13-32(30(19-25)39-33(42)14-11-23-7-4-3-5-8-23)40-20-24-15-28(22-40)31-9-6-10-34(43)41(31)21-24/h3-14,16-19,24,28H,15,20-22H2,1-2H3,(H,38,44)(H,39,42)/b14-11-/t24-,28+/m1/s1. The fraction of sp³-hybridized carbons (Fsp3) is 0.216. The molecule has 0 aliphatic carbocycles. The summed E-state index contributed by atoms with van der Waals surface area (Å²) in [5, 5.41) is 5.71. The first-order chi connectivity index (χ1) is 23.2. The van der Waals surface area contributed by atoms with Gasteiger partial charge in [-0.25, -0.2) is 9.59 Å². The molecule has 3 heterocycles. The van der Waals surface area contributed by atoms with E-state index in [0.29, 0.717) is 25.3 Å². The fourth-order valence-electron chi connectivity index (χ4n) is 6.43. The number of hydrogen-bond donors (Lipinski definition) is 2. The van der Waals surface area contributed by atoms with Crippen LogP contribution in [0.5, 0.6) is 0 Å². The lowest BCUT2D eigenvalue weighted by molar-refractivity contribution is -0.111. The predicted molar refractivity (Wildman–Crippen MR) is 181 cm³/mol. The number of esters is 2. The second-order valence-electron chi connectivity index (χ2n) is 11.8. The quantitative estimate of drug-likeness (QED) is 0.203. The van der Waals surface area contributed by atoms with Gasteiger partial charge >= 0.3 is 11.9 Å². The molecule has 1 aromatic heterocycles. The number of piperidine rings is 1. The summed E-state index contributed by atoms with van der Waals surface area (Å²) in [6.07, 6.45) is 4.10. The highest BCUT2D eigenvalue weighted by Gasteiger charge is 2.35. The van der Waals surface area contributed by atoms with Crippen LogP contribution >= 0.6 is 0 Å². The molecule has 2 aliphatic rings. The van der Waals surface area contributed by atoms with E-state index < -0.39 is 17.8 Å². The van der Waals surface area contributed by atoms with Gasteiger partial charge in [0, 0.05) is 54.6 Å². The third-order valence-corrected chi connectivity index (χ3v) is 8.60. The summed E-state index contributed by atoms with van der Waals surface area (Å²) in [6.45, 7) is 1.91. The Balaban J connectivity index is 1.31. The van der Waals surface area contributed by atoms with Crippen LogP contribution in [0.4, 0.5) is 17.1 Å². The number of rotatable bonds is 8. The van der Waals surface area contributed by atoms with Crippen LogP contribution in [0.25, 0.3) is 6.08 Å². The van der Waals surface area contributed by atoms with Gasteiger partial charge in [-0.3, -0.25) is 14.4 Å². The summed E-state index contributed by atoms with van der Waals surface area (Å²) in [4.78, 5) is 66.1. The average Bonchev–Trinajstić information content (AvgIpc) is 3.10. The van der Waals surface area contributed by atoms with Gasteiger partial charge in [0.15, 0.2) is 0 Å². The van der Waals surface area contributed by atoms with Crippen molar-refractivity contribution >= 4 is 46.9 Å². The van der Waals surface area contributed by atoms with E-state index in [1.807, 2.05) is 41.0 Å². The maximum Gasteiger partial charge on any atom is 0.337 e. The van der Waals surface area contributed by atoms with E-state index in [1.54, 1.807) is 36.4 Å². The smallest absolute Gasteiger partial charge is 0.337 e. The SMILES string of the molecule is COC(=O)c1cc(NC(=O)c2ccc(N3C[C@H]4C[C@@H](C3)c3cccc(=O)n3C4)c(NC(=O)/C=C\c3ccccc3)c2)cc(C(=O)OC)c1. The summed E-state index contributed by atoms with van der Waals surface area (Å²) >= 11 is 0. The van der Waals surface area contributed by atoms with E-state index in [4.69, 9.17) is 9.47 Å². The van der Waals surface area contributed by atoms with Crippen molar-refractivity contribution in [2.24, 2.45) is 5.92 Å². The van der Waals surface area contributed by atoms with Gasteiger partial charge in [-0.2, -0.15) is 0 Å². The minimum atomic E-state index is -0.687. The lowest BCUT2D eigenvalue weighted by Crippen LogP contribution is -2.47. The lowest BCUT2D eigenvalue weighted by atomic mass is 9.83. The van der Waals surface area contributed by atoms with Crippen molar-refractivity contribution in [3.05, 3.63) is 129 Å². The van der Waals surface area contributed by atoms with Crippen LogP contribution in [0.1, 0.15) is 54.7 Å². The molecule has 244 valence electrons. The number of carbonyl (C=O) groups is 4. The van der Waals surface area contributed by atoms with Crippen LogP contribution < -0.4 is 21.1 Å². The zero-order chi connectivity index (χ0) is 33.8. The number of fused-ring (bicyclic) bond motifs is 4. The molecule has 1 saturated heterocycles. The first-order valence-corrected chi connectivity index (χ1v) is 15.5. The maximum absolute atomic E-state index is 13.6. The van der Waals surface area contributed by atoms with E-state index in [0.717, 1.165) is 23.4 Å². The summed E-state index contributed by atoms with van der Waals surface area (Å²) < 4.78 is 11.5. The van der Waals surface area contributed by atoms with Gasteiger partial charge in [0.2, 0.25) is 5.91 Å². The van der Waals surface area contributed by atoms with Gasteiger partial charge in [0.25, 0.3) is 11.5 Å². The molecule has 11 nitrogen and oxygen atoms in total. The fourth-order valence-corrected chi connectivity index (χ4v) is 6.43. The number of benzene rings is 3. The Morgan fingerprint density at radius 2 is 1.50 bits per heavy atom. The van der Waals surface area contributed by atoms with E-state index in [-0.39, 0.29) is 45.7 Å². The molecule has 6 rings (SSSR count). The number of anilines is 3. The molecule has 48 heavy (non-hydrogen) atoms. The first kappa shape index (κ1) is 32.0. The van der Waals surface area contributed by atoms with Crippen LogP contribution in [0.3, 0.4) is 0 Å². The number of carbonyl (C=O) groups excluding carboxylic acids is 4. The van der Waals surface area contributed by atoms with Crippen LogP contribution in [0, 0.1) is 5.92 Å². The minimum absolute atomic E-state index is 0.000000753. The highest BCUT2D eigenvalue weighted by molar-refractivity contribution is 6.09. The molecule has 0 spiro atoms.